The number of rotatable bonds is 26. The summed E-state index contributed by atoms with van der Waals surface area (Å²) < 4.78 is 22.9. The van der Waals surface area contributed by atoms with Gasteiger partial charge in [-0.15, -0.1) is 0 Å². The summed E-state index contributed by atoms with van der Waals surface area (Å²) in [7, 11) is -2.62. The van der Waals surface area contributed by atoms with E-state index in [-0.39, 0.29) is 5.97 Å². The smallest absolute Gasteiger partial charge is 0.466 e. The second kappa shape index (κ2) is 24.7. The molecular weight excluding hydrogens is 432 g/mol. The molecule has 0 rings (SSSR count). The number of carbonyl (C=O) groups excluding carboxylic acids is 1. The van der Waals surface area contributed by atoms with Gasteiger partial charge in [-0.3, -0.25) is 4.79 Å². The Morgan fingerprint density at radius 3 is 1.33 bits per heavy atom. The molecule has 0 atom stereocenters. The van der Waals surface area contributed by atoms with E-state index in [2.05, 4.69) is 6.92 Å². The molecule has 0 saturated heterocycles. The number of ether oxygens (including phenoxy) is 1. The maximum absolute atomic E-state index is 12.0. The molecule has 0 aromatic carbocycles. The lowest BCUT2D eigenvalue weighted by atomic mass is 10.0. The van der Waals surface area contributed by atoms with Gasteiger partial charge >= 0.3 is 14.8 Å². The number of unbranched alkanes of at least 4 members (excludes halogenated alkanes) is 14. The Hall–Kier alpha value is -0.433. The van der Waals surface area contributed by atoms with E-state index in [1.165, 1.54) is 83.5 Å². The van der Waals surface area contributed by atoms with E-state index in [4.69, 9.17) is 18.0 Å². The predicted octanol–water partition coefficient (Wildman–Crippen LogP) is 8.23. The van der Waals surface area contributed by atoms with Gasteiger partial charge in [-0.1, -0.05) is 96.8 Å². The average molecular weight is 489 g/mol. The van der Waals surface area contributed by atoms with E-state index < -0.39 is 8.80 Å². The molecule has 5 nitrogen and oxygen atoms in total. The Morgan fingerprint density at radius 1 is 0.545 bits per heavy atom. The van der Waals surface area contributed by atoms with Crippen LogP contribution in [0.5, 0.6) is 0 Å². The molecule has 0 amide bonds. The molecule has 198 valence electrons. The van der Waals surface area contributed by atoms with Crippen LogP contribution in [0.25, 0.3) is 0 Å². The molecule has 0 aliphatic carbocycles. The molecule has 0 saturated carbocycles. The van der Waals surface area contributed by atoms with Crippen LogP contribution >= 0.6 is 0 Å². The van der Waals surface area contributed by atoms with Crippen LogP contribution in [0.4, 0.5) is 0 Å². The molecule has 0 radical (unpaired) electrons. The maximum atomic E-state index is 12.0. The van der Waals surface area contributed by atoms with Gasteiger partial charge in [-0.2, -0.15) is 0 Å². The summed E-state index contributed by atoms with van der Waals surface area (Å²) in [6.07, 6.45) is 21.2. The third-order valence-electron chi connectivity index (χ3n) is 5.97. The zero-order valence-electron chi connectivity index (χ0n) is 22.6. The van der Waals surface area contributed by atoms with Crippen molar-refractivity contribution in [2.75, 3.05) is 26.4 Å². The lowest BCUT2D eigenvalue weighted by Gasteiger charge is -2.28. The van der Waals surface area contributed by atoms with Crippen molar-refractivity contribution < 1.29 is 22.8 Å². The van der Waals surface area contributed by atoms with Crippen LogP contribution in [0.2, 0.25) is 6.04 Å². The lowest BCUT2D eigenvalue weighted by Crippen LogP contribution is -2.46. The second-order valence-electron chi connectivity index (χ2n) is 9.01. The molecule has 0 aromatic heterocycles. The van der Waals surface area contributed by atoms with Crippen molar-refractivity contribution in [2.24, 2.45) is 0 Å². The molecule has 0 unspecified atom stereocenters. The molecule has 0 N–H and O–H groups in total. The number of esters is 1. The fourth-order valence-electron chi connectivity index (χ4n) is 4.19. The highest BCUT2D eigenvalue weighted by atomic mass is 28.4. The summed E-state index contributed by atoms with van der Waals surface area (Å²) in [5, 5.41) is 0. The first kappa shape index (κ1) is 32.6. The normalized spacial score (nSPS) is 11.8. The molecule has 0 aliphatic rings. The summed E-state index contributed by atoms with van der Waals surface area (Å²) in [6.45, 7) is 10.3. The molecule has 6 heteroatoms. The average Bonchev–Trinajstić information content (AvgIpc) is 2.80. The fourth-order valence-corrected chi connectivity index (χ4v) is 6.77. The first-order valence-electron chi connectivity index (χ1n) is 14.2. The summed E-state index contributed by atoms with van der Waals surface area (Å²) in [4.78, 5) is 12.0. The van der Waals surface area contributed by atoms with Gasteiger partial charge in [0.2, 0.25) is 0 Å². The first-order chi connectivity index (χ1) is 16.1. The van der Waals surface area contributed by atoms with Crippen LogP contribution in [-0.4, -0.2) is 41.2 Å². The van der Waals surface area contributed by atoms with E-state index in [0.717, 1.165) is 19.3 Å². The molecular formula is C27H56O5Si. The van der Waals surface area contributed by atoms with Crippen LogP contribution in [-0.2, 0) is 22.8 Å². The second-order valence-corrected chi connectivity index (χ2v) is 11.7. The van der Waals surface area contributed by atoms with Gasteiger partial charge in [0.25, 0.3) is 0 Å². The van der Waals surface area contributed by atoms with Gasteiger partial charge in [0.1, 0.15) is 0 Å². The van der Waals surface area contributed by atoms with Crippen LogP contribution in [0, 0.1) is 0 Å². The minimum Gasteiger partial charge on any atom is -0.466 e. The van der Waals surface area contributed by atoms with E-state index in [1.54, 1.807) is 0 Å². The Bertz CT molecular complexity index is 402. The summed E-state index contributed by atoms with van der Waals surface area (Å²) in [5.41, 5.74) is 0. The van der Waals surface area contributed by atoms with Gasteiger partial charge < -0.3 is 18.0 Å². The highest BCUT2D eigenvalue weighted by Crippen LogP contribution is 2.18. The number of hydrogen-bond acceptors (Lipinski definition) is 5. The molecule has 0 heterocycles. The van der Waals surface area contributed by atoms with E-state index in [1.807, 2.05) is 20.8 Å². The monoisotopic (exact) mass is 488 g/mol. The largest absolute Gasteiger partial charge is 0.501 e. The van der Waals surface area contributed by atoms with Crippen molar-refractivity contribution in [3.05, 3.63) is 0 Å². The van der Waals surface area contributed by atoms with Crippen molar-refractivity contribution >= 4 is 14.8 Å². The molecule has 33 heavy (non-hydrogen) atoms. The summed E-state index contributed by atoms with van der Waals surface area (Å²) in [5.74, 6) is -0.0822. The lowest BCUT2D eigenvalue weighted by molar-refractivity contribution is -0.143. The number of hydrogen-bond donors (Lipinski definition) is 0. The molecule has 0 bridgehead atoms. The third kappa shape index (κ3) is 20.6. The maximum Gasteiger partial charge on any atom is 0.501 e. The Balaban J connectivity index is 3.53. The number of carbonyl (C=O) groups is 1. The quantitative estimate of drug-likeness (QED) is 0.0697. The van der Waals surface area contributed by atoms with Crippen molar-refractivity contribution in [1.82, 2.24) is 0 Å². The van der Waals surface area contributed by atoms with Gasteiger partial charge in [0, 0.05) is 32.3 Å². The van der Waals surface area contributed by atoms with Crippen molar-refractivity contribution in [1.29, 1.82) is 0 Å². The zero-order valence-corrected chi connectivity index (χ0v) is 23.6. The van der Waals surface area contributed by atoms with Gasteiger partial charge in [0.15, 0.2) is 0 Å². The van der Waals surface area contributed by atoms with Crippen LogP contribution in [0.15, 0.2) is 0 Å². The molecule has 0 fully saturated rings. The highest BCUT2D eigenvalue weighted by Gasteiger charge is 2.39. The molecule has 0 spiro atoms. The summed E-state index contributed by atoms with van der Waals surface area (Å²) in [6, 6.07) is 0.689. The molecule has 0 aromatic rings. The van der Waals surface area contributed by atoms with Crippen molar-refractivity contribution in [2.45, 2.75) is 143 Å². The van der Waals surface area contributed by atoms with Crippen LogP contribution in [0.3, 0.4) is 0 Å². The molecule has 0 aliphatic heterocycles. The van der Waals surface area contributed by atoms with E-state index >= 15 is 0 Å². The fraction of sp³-hybridized carbons (Fsp3) is 0.963. The Kier molecular flexibility index (Phi) is 24.4. The zero-order chi connectivity index (χ0) is 24.5. The predicted molar refractivity (Wildman–Crippen MR) is 141 cm³/mol. The van der Waals surface area contributed by atoms with Crippen molar-refractivity contribution in [3.8, 4) is 0 Å². The standard InChI is InChI=1S/C27H56O5Si/c1-5-9-10-11-12-13-14-15-16-17-18-19-20-21-22-24-27(28)29-25-23-26-33(30-6-2,31-7-3)32-8-4/h5-26H2,1-4H3. The highest BCUT2D eigenvalue weighted by molar-refractivity contribution is 6.60. The van der Waals surface area contributed by atoms with Gasteiger partial charge in [-0.25, -0.2) is 0 Å². The topological polar surface area (TPSA) is 54.0 Å². The Morgan fingerprint density at radius 2 is 0.939 bits per heavy atom. The minimum absolute atomic E-state index is 0.0822. The third-order valence-corrected chi connectivity index (χ3v) is 9.12. The first-order valence-corrected chi connectivity index (χ1v) is 16.1. The van der Waals surface area contributed by atoms with E-state index in [9.17, 15) is 4.79 Å². The van der Waals surface area contributed by atoms with Crippen LogP contribution in [0.1, 0.15) is 137 Å². The van der Waals surface area contributed by atoms with Crippen LogP contribution < -0.4 is 0 Å². The van der Waals surface area contributed by atoms with Crippen molar-refractivity contribution in [3.63, 3.8) is 0 Å². The SMILES string of the molecule is CCCCCCCCCCCCCCCCCC(=O)OCCC[Si](OCC)(OCC)OCC. The summed E-state index contributed by atoms with van der Waals surface area (Å²) >= 11 is 0. The van der Waals surface area contributed by atoms with E-state index in [0.29, 0.717) is 38.9 Å². The van der Waals surface area contributed by atoms with Gasteiger partial charge in [-0.05, 0) is 33.6 Å². The minimum atomic E-state index is -2.62. The Labute approximate surface area is 207 Å². The van der Waals surface area contributed by atoms with Gasteiger partial charge in [0.05, 0.1) is 6.61 Å².